The fourth-order valence-electron chi connectivity index (χ4n) is 3.00. The van der Waals surface area contributed by atoms with Crippen LogP contribution in [0.5, 0.6) is 0 Å². The summed E-state index contributed by atoms with van der Waals surface area (Å²) < 4.78 is 0. The van der Waals surface area contributed by atoms with E-state index in [4.69, 9.17) is 9.94 Å². The third kappa shape index (κ3) is 3.77. The van der Waals surface area contributed by atoms with Gasteiger partial charge in [0.05, 0.1) is 12.7 Å². The van der Waals surface area contributed by atoms with Crippen molar-refractivity contribution in [1.29, 1.82) is 0 Å². The number of nitrogens with zero attached hydrogens (tertiary/aromatic N) is 3. The zero-order valence-electron chi connectivity index (χ0n) is 13.7. The maximum atomic E-state index is 12.3. The lowest BCUT2D eigenvalue weighted by Gasteiger charge is -2.38. The number of piperidine rings is 1. The van der Waals surface area contributed by atoms with Gasteiger partial charge in [0.1, 0.15) is 5.71 Å². The van der Waals surface area contributed by atoms with E-state index in [2.05, 4.69) is 10.1 Å². The molecular weight excluding hydrogens is 286 g/mol. The largest absolute Gasteiger partial charge is 0.394 e. The number of β-amino-alcohol motifs (C(OH)–C–C–N with tert-alkyl or cyclic N) is 1. The topological polar surface area (TPSA) is 85.6 Å². The number of aliphatic hydroxyl groups excluding tert-OH is 2. The van der Waals surface area contributed by atoms with Gasteiger partial charge in [-0.2, -0.15) is 0 Å². The Bertz CT molecular complexity index is 441. The molecule has 2 rings (SSSR count). The normalized spacial score (nSPS) is 26.9. The minimum Gasteiger partial charge on any atom is -0.394 e. The first-order valence-corrected chi connectivity index (χ1v) is 7.90. The fraction of sp³-hybridized carbons (Fsp3) is 0.867. The Morgan fingerprint density at radius 3 is 2.91 bits per heavy atom. The Labute approximate surface area is 131 Å². The third-order valence-corrected chi connectivity index (χ3v) is 4.48. The second-order valence-corrected chi connectivity index (χ2v) is 6.67. The first-order valence-electron chi connectivity index (χ1n) is 7.90. The molecule has 2 heterocycles. The van der Waals surface area contributed by atoms with E-state index in [0.29, 0.717) is 25.2 Å². The van der Waals surface area contributed by atoms with Crippen LogP contribution in [0.1, 0.15) is 33.1 Å². The van der Waals surface area contributed by atoms with E-state index < -0.39 is 11.7 Å². The third-order valence-electron chi connectivity index (χ3n) is 4.48. The summed E-state index contributed by atoms with van der Waals surface area (Å²) >= 11 is 0. The van der Waals surface area contributed by atoms with Gasteiger partial charge >= 0.3 is 0 Å². The van der Waals surface area contributed by atoms with Crippen molar-refractivity contribution < 1.29 is 19.8 Å². The molecule has 0 unspecified atom stereocenters. The summed E-state index contributed by atoms with van der Waals surface area (Å²) in [6.07, 6.45) is 1.54. The van der Waals surface area contributed by atoms with Gasteiger partial charge in [-0.3, -0.25) is 9.69 Å². The molecule has 0 aliphatic carbocycles. The highest BCUT2D eigenvalue weighted by Crippen LogP contribution is 2.33. The molecule has 126 valence electrons. The number of oxime groups is 1. The Morgan fingerprint density at radius 1 is 1.55 bits per heavy atom. The average Bonchev–Trinajstić information content (AvgIpc) is 2.88. The summed E-state index contributed by atoms with van der Waals surface area (Å²) in [5, 5.41) is 22.6. The summed E-state index contributed by atoms with van der Waals surface area (Å²) in [6.45, 7) is 5.57. The molecule has 1 fully saturated rings. The van der Waals surface area contributed by atoms with Crippen molar-refractivity contribution in [2.75, 3.05) is 33.3 Å². The standard InChI is InChI=1S/C15H27N3O4/c1-11(2)17(3)14(21)13-7-15(22-16-13)5-4-6-18(10-15)8-12(20)9-19/h11-12,19-20H,4-10H2,1-3H3/t12-,15-/m1/s1. The Morgan fingerprint density at radius 2 is 2.27 bits per heavy atom. The first-order chi connectivity index (χ1) is 10.4. The van der Waals surface area contributed by atoms with Gasteiger partial charge in [-0.1, -0.05) is 5.16 Å². The van der Waals surface area contributed by atoms with Crippen molar-refractivity contribution in [3.63, 3.8) is 0 Å². The minimum absolute atomic E-state index is 0.0839. The van der Waals surface area contributed by atoms with E-state index >= 15 is 0 Å². The Balaban J connectivity index is 1.95. The van der Waals surface area contributed by atoms with E-state index in [9.17, 15) is 9.90 Å². The van der Waals surface area contributed by atoms with Crippen LogP contribution in [0, 0.1) is 0 Å². The van der Waals surface area contributed by atoms with Crippen LogP contribution >= 0.6 is 0 Å². The number of carbonyl (C=O) groups is 1. The molecule has 7 heteroatoms. The molecule has 0 aromatic carbocycles. The first kappa shape index (κ1) is 17.2. The van der Waals surface area contributed by atoms with E-state index in [1.165, 1.54) is 0 Å². The van der Waals surface area contributed by atoms with Crippen molar-refractivity contribution >= 4 is 11.6 Å². The van der Waals surface area contributed by atoms with Crippen LogP contribution < -0.4 is 0 Å². The molecule has 2 aliphatic rings. The summed E-state index contributed by atoms with van der Waals surface area (Å²) in [6, 6.07) is 0.120. The van der Waals surface area contributed by atoms with Gasteiger partial charge in [0.15, 0.2) is 5.60 Å². The van der Waals surface area contributed by atoms with Crippen LogP contribution in [-0.4, -0.2) is 82.7 Å². The highest BCUT2D eigenvalue weighted by molar-refractivity contribution is 6.39. The molecule has 0 radical (unpaired) electrons. The second-order valence-electron chi connectivity index (χ2n) is 6.67. The van der Waals surface area contributed by atoms with Crippen molar-refractivity contribution in [1.82, 2.24) is 9.80 Å². The van der Waals surface area contributed by atoms with Gasteiger partial charge < -0.3 is 20.0 Å². The van der Waals surface area contributed by atoms with Crippen molar-refractivity contribution in [3.05, 3.63) is 0 Å². The highest BCUT2D eigenvalue weighted by Gasteiger charge is 2.45. The Kier molecular flexibility index (Phi) is 5.41. The smallest absolute Gasteiger partial charge is 0.271 e. The number of aliphatic hydroxyl groups is 2. The van der Waals surface area contributed by atoms with Gasteiger partial charge in [-0.05, 0) is 33.2 Å². The van der Waals surface area contributed by atoms with E-state index in [1.54, 1.807) is 11.9 Å². The lowest BCUT2D eigenvalue weighted by atomic mass is 9.87. The predicted molar refractivity (Wildman–Crippen MR) is 82.5 cm³/mol. The van der Waals surface area contributed by atoms with E-state index in [-0.39, 0.29) is 18.6 Å². The number of carbonyl (C=O) groups excluding carboxylic acids is 1. The summed E-state index contributed by atoms with van der Waals surface area (Å²) in [7, 11) is 1.77. The summed E-state index contributed by atoms with van der Waals surface area (Å²) in [5.74, 6) is -0.0839. The number of hydrogen-bond donors (Lipinski definition) is 2. The zero-order valence-corrected chi connectivity index (χ0v) is 13.7. The Hall–Kier alpha value is -1.18. The molecule has 2 atom stereocenters. The van der Waals surface area contributed by atoms with Gasteiger partial charge in [0.2, 0.25) is 0 Å². The predicted octanol–water partition coefficient (Wildman–Crippen LogP) is -0.183. The minimum atomic E-state index is -0.745. The SMILES string of the molecule is CC(C)N(C)C(=O)C1=NO[C@]2(CCCN(C[C@@H](O)CO)C2)C1. The molecule has 1 saturated heterocycles. The van der Waals surface area contributed by atoms with Crippen LogP contribution in [0.25, 0.3) is 0 Å². The van der Waals surface area contributed by atoms with Crippen LogP contribution in [-0.2, 0) is 9.63 Å². The van der Waals surface area contributed by atoms with Crippen LogP contribution in [0.15, 0.2) is 5.16 Å². The summed E-state index contributed by atoms with van der Waals surface area (Å²) in [5.41, 5.74) is 0.0109. The maximum Gasteiger partial charge on any atom is 0.271 e. The van der Waals surface area contributed by atoms with Gasteiger partial charge in [0.25, 0.3) is 5.91 Å². The quantitative estimate of drug-likeness (QED) is 0.735. The molecule has 0 bridgehead atoms. The van der Waals surface area contributed by atoms with Crippen molar-refractivity contribution in [3.8, 4) is 0 Å². The number of likely N-dealkylation sites (tertiary alicyclic amines) is 1. The summed E-state index contributed by atoms with van der Waals surface area (Å²) in [4.78, 5) is 21.7. The molecule has 1 spiro atoms. The monoisotopic (exact) mass is 313 g/mol. The van der Waals surface area contributed by atoms with Crippen molar-refractivity contribution in [2.45, 2.75) is 50.9 Å². The lowest BCUT2D eigenvalue weighted by molar-refractivity contribution is -0.124. The molecule has 2 aliphatic heterocycles. The molecule has 7 nitrogen and oxygen atoms in total. The van der Waals surface area contributed by atoms with Crippen LogP contribution in [0.3, 0.4) is 0 Å². The zero-order chi connectivity index (χ0) is 16.3. The molecular formula is C15H27N3O4. The van der Waals surface area contributed by atoms with Gasteiger partial charge in [0, 0.05) is 32.6 Å². The molecule has 0 saturated carbocycles. The second kappa shape index (κ2) is 6.93. The average molecular weight is 313 g/mol. The fourth-order valence-corrected chi connectivity index (χ4v) is 3.00. The number of hydrogen-bond acceptors (Lipinski definition) is 6. The van der Waals surface area contributed by atoms with Gasteiger partial charge in [-0.15, -0.1) is 0 Å². The van der Waals surface area contributed by atoms with E-state index in [0.717, 1.165) is 19.4 Å². The number of rotatable bonds is 5. The molecule has 2 N–H and O–H groups in total. The molecule has 0 aromatic rings. The molecule has 0 aromatic heterocycles. The molecule has 22 heavy (non-hydrogen) atoms. The van der Waals surface area contributed by atoms with Crippen molar-refractivity contribution in [2.24, 2.45) is 5.16 Å². The highest BCUT2D eigenvalue weighted by atomic mass is 16.7. The molecule has 1 amide bonds. The lowest BCUT2D eigenvalue weighted by Crippen LogP contribution is -2.51. The van der Waals surface area contributed by atoms with Crippen LogP contribution in [0.4, 0.5) is 0 Å². The number of amides is 1. The maximum absolute atomic E-state index is 12.3. The van der Waals surface area contributed by atoms with Gasteiger partial charge in [-0.25, -0.2) is 0 Å². The van der Waals surface area contributed by atoms with Crippen LogP contribution in [0.2, 0.25) is 0 Å². The van der Waals surface area contributed by atoms with E-state index in [1.807, 2.05) is 13.8 Å².